The van der Waals surface area contributed by atoms with Gasteiger partial charge in [0.2, 0.25) is 11.8 Å². The Hall–Kier alpha value is -1.92. The van der Waals surface area contributed by atoms with Gasteiger partial charge in [-0.2, -0.15) is 0 Å². The smallest absolute Gasteiger partial charge is 0.250 e. The first kappa shape index (κ1) is 16.1. The van der Waals surface area contributed by atoms with E-state index in [1.54, 1.807) is 29.2 Å². The molecule has 0 aliphatic carbocycles. The highest BCUT2D eigenvalue weighted by molar-refractivity contribution is 6.00. The first-order valence-corrected chi connectivity index (χ1v) is 6.44. The fourth-order valence-electron chi connectivity index (χ4n) is 1.56. The van der Waals surface area contributed by atoms with Gasteiger partial charge in [-0.3, -0.25) is 9.59 Å². The lowest BCUT2D eigenvalue weighted by atomic mass is 10.2. The Labute approximate surface area is 119 Å². The number of rotatable bonds is 7. The number of likely N-dealkylation sites (N-methyl/N-ethyl adjacent to an activating group) is 1. The molecule has 1 aromatic rings. The molecule has 1 aromatic carbocycles. The van der Waals surface area contributed by atoms with Crippen LogP contribution >= 0.6 is 0 Å². The number of anilines is 2. The largest absolute Gasteiger partial charge is 0.372 e. The van der Waals surface area contributed by atoms with Gasteiger partial charge in [-0.15, -0.1) is 0 Å². The number of nitrogens with one attached hydrogen (secondary N) is 2. The lowest BCUT2D eigenvalue weighted by Crippen LogP contribution is -2.27. The zero-order chi connectivity index (χ0) is 15.0. The van der Waals surface area contributed by atoms with E-state index in [-0.39, 0.29) is 25.0 Å². The lowest BCUT2D eigenvalue weighted by Gasteiger charge is -2.14. The molecule has 0 bridgehead atoms. The van der Waals surface area contributed by atoms with E-state index in [0.29, 0.717) is 18.0 Å². The second-order valence-corrected chi connectivity index (χ2v) is 4.52. The van der Waals surface area contributed by atoms with E-state index in [0.717, 1.165) is 0 Å². The molecule has 1 rings (SSSR count). The van der Waals surface area contributed by atoms with Gasteiger partial charge < -0.3 is 20.3 Å². The van der Waals surface area contributed by atoms with Gasteiger partial charge in [-0.05, 0) is 33.2 Å². The van der Waals surface area contributed by atoms with Crippen LogP contribution in [0.15, 0.2) is 24.3 Å². The van der Waals surface area contributed by atoms with Gasteiger partial charge in [-0.25, -0.2) is 0 Å². The third kappa shape index (κ3) is 5.81. The van der Waals surface area contributed by atoms with Crippen molar-refractivity contribution in [1.82, 2.24) is 4.90 Å². The van der Waals surface area contributed by atoms with Crippen molar-refractivity contribution in [3.05, 3.63) is 24.3 Å². The van der Waals surface area contributed by atoms with E-state index in [1.165, 1.54) is 0 Å². The Morgan fingerprint density at radius 1 is 1.10 bits per heavy atom. The summed E-state index contributed by atoms with van der Waals surface area (Å²) in [6.45, 7) is 2.58. The molecule has 0 heterocycles. The van der Waals surface area contributed by atoms with E-state index >= 15 is 0 Å². The van der Waals surface area contributed by atoms with Crippen molar-refractivity contribution in [2.24, 2.45) is 0 Å². The number of para-hydroxylation sites is 2. The average Bonchev–Trinajstić information content (AvgIpc) is 2.37. The molecule has 2 amide bonds. The number of hydrogen-bond acceptors (Lipinski definition) is 4. The molecule has 20 heavy (non-hydrogen) atoms. The summed E-state index contributed by atoms with van der Waals surface area (Å²) < 4.78 is 5.04. The minimum Gasteiger partial charge on any atom is -0.372 e. The minimum atomic E-state index is -0.249. The van der Waals surface area contributed by atoms with Crippen molar-refractivity contribution < 1.29 is 14.3 Å². The summed E-state index contributed by atoms with van der Waals surface area (Å²) in [5, 5.41) is 5.48. The van der Waals surface area contributed by atoms with Crippen molar-refractivity contribution in [2.45, 2.75) is 6.92 Å². The number of nitrogens with zero attached hydrogens (tertiary/aromatic N) is 1. The summed E-state index contributed by atoms with van der Waals surface area (Å²) in [7, 11) is 3.63. The molecule has 0 saturated carbocycles. The molecule has 2 N–H and O–H groups in total. The molecular formula is C14H21N3O3. The molecule has 0 saturated heterocycles. The maximum absolute atomic E-state index is 11.7. The summed E-state index contributed by atoms with van der Waals surface area (Å²) in [5.41, 5.74) is 1.13. The highest BCUT2D eigenvalue weighted by Gasteiger charge is 2.09. The normalized spacial score (nSPS) is 10.4. The Bertz CT molecular complexity index is 461. The van der Waals surface area contributed by atoms with Crippen molar-refractivity contribution in [1.29, 1.82) is 0 Å². The number of ether oxygens (including phenoxy) is 1. The van der Waals surface area contributed by atoms with E-state index in [9.17, 15) is 9.59 Å². The standard InChI is InChI=1S/C14H21N3O3/c1-4-20-10-14(19)16-12-8-6-5-7-11(12)15-13(18)9-17(2)3/h5-8H,4,9-10H2,1-3H3,(H,15,18)(H,16,19). The Kier molecular flexibility index (Phi) is 6.69. The molecule has 0 fully saturated rings. The van der Waals surface area contributed by atoms with Gasteiger partial charge in [0, 0.05) is 6.61 Å². The quantitative estimate of drug-likeness (QED) is 0.786. The van der Waals surface area contributed by atoms with E-state index in [1.807, 2.05) is 21.0 Å². The highest BCUT2D eigenvalue weighted by atomic mass is 16.5. The summed E-state index contributed by atoms with van der Waals surface area (Å²) in [6, 6.07) is 7.06. The first-order chi connectivity index (χ1) is 9.52. The summed E-state index contributed by atoms with van der Waals surface area (Å²) in [4.78, 5) is 25.1. The molecule has 0 spiro atoms. The highest BCUT2D eigenvalue weighted by Crippen LogP contribution is 2.20. The van der Waals surface area contributed by atoms with E-state index in [2.05, 4.69) is 10.6 Å². The van der Waals surface area contributed by atoms with Crippen molar-refractivity contribution in [2.75, 3.05) is 44.5 Å². The van der Waals surface area contributed by atoms with Crippen LogP contribution in [0.25, 0.3) is 0 Å². The van der Waals surface area contributed by atoms with Gasteiger partial charge in [0.1, 0.15) is 6.61 Å². The second-order valence-electron chi connectivity index (χ2n) is 4.52. The van der Waals surface area contributed by atoms with Crippen LogP contribution < -0.4 is 10.6 Å². The molecule has 0 aromatic heterocycles. The monoisotopic (exact) mass is 279 g/mol. The number of hydrogen-bond donors (Lipinski definition) is 2. The summed E-state index contributed by atoms with van der Waals surface area (Å²) in [5.74, 6) is -0.386. The van der Waals surface area contributed by atoms with Crippen LogP contribution in [0.3, 0.4) is 0 Å². The first-order valence-electron chi connectivity index (χ1n) is 6.44. The minimum absolute atomic E-state index is 0.00349. The lowest BCUT2D eigenvalue weighted by molar-refractivity contribution is -0.120. The predicted molar refractivity (Wildman–Crippen MR) is 78.7 cm³/mol. The number of benzene rings is 1. The fraction of sp³-hybridized carbons (Fsp3) is 0.429. The zero-order valence-corrected chi connectivity index (χ0v) is 12.1. The predicted octanol–water partition coefficient (Wildman–Crippen LogP) is 1.16. The molecule has 6 nitrogen and oxygen atoms in total. The zero-order valence-electron chi connectivity index (χ0n) is 12.1. The number of amides is 2. The van der Waals surface area contributed by atoms with Crippen LogP contribution in [-0.4, -0.2) is 50.6 Å². The average molecular weight is 279 g/mol. The summed E-state index contributed by atoms with van der Waals surface area (Å²) >= 11 is 0. The SMILES string of the molecule is CCOCC(=O)Nc1ccccc1NC(=O)CN(C)C. The van der Waals surface area contributed by atoms with Crippen molar-refractivity contribution in [3.63, 3.8) is 0 Å². The molecule has 110 valence electrons. The van der Waals surface area contributed by atoms with Crippen molar-refractivity contribution in [3.8, 4) is 0 Å². The van der Waals surface area contributed by atoms with Crippen LogP contribution in [0.4, 0.5) is 11.4 Å². The third-order valence-corrected chi connectivity index (χ3v) is 2.37. The molecule has 0 aliphatic rings. The van der Waals surface area contributed by atoms with Gasteiger partial charge in [0.25, 0.3) is 0 Å². The van der Waals surface area contributed by atoms with Gasteiger partial charge >= 0.3 is 0 Å². The van der Waals surface area contributed by atoms with E-state index < -0.39 is 0 Å². The Morgan fingerprint density at radius 3 is 2.15 bits per heavy atom. The molecule has 6 heteroatoms. The number of carbonyl (C=O) groups is 2. The van der Waals surface area contributed by atoms with Crippen LogP contribution in [0.5, 0.6) is 0 Å². The second kappa shape index (κ2) is 8.29. The van der Waals surface area contributed by atoms with Crippen LogP contribution in [-0.2, 0) is 14.3 Å². The molecule has 0 atom stereocenters. The van der Waals surface area contributed by atoms with Gasteiger partial charge in [-0.1, -0.05) is 12.1 Å². The molecule has 0 unspecified atom stereocenters. The summed E-state index contributed by atoms with van der Waals surface area (Å²) in [6.07, 6.45) is 0. The number of carbonyl (C=O) groups excluding carboxylic acids is 2. The molecular weight excluding hydrogens is 258 g/mol. The maximum atomic E-state index is 11.7. The fourth-order valence-corrected chi connectivity index (χ4v) is 1.56. The molecule has 0 radical (unpaired) electrons. The van der Waals surface area contributed by atoms with Crippen LogP contribution in [0.1, 0.15) is 6.92 Å². The van der Waals surface area contributed by atoms with Crippen LogP contribution in [0.2, 0.25) is 0 Å². The molecule has 0 aliphatic heterocycles. The van der Waals surface area contributed by atoms with Gasteiger partial charge in [0.05, 0.1) is 17.9 Å². The van der Waals surface area contributed by atoms with Crippen LogP contribution in [0, 0.1) is 0 Å². The Morgan fingerprint density at radius 2 is 1.65 bits per heavy atom. The Balaban J connectivity index is 2.68. The third-order valence-electron chi connectivity index (χ3n) is 2.37. The van der Waals surface area contributed by atoms with E-state index in [4.69, 9.17) is 4.74 Å². The van der Waals surface area contributed by atoms with Gasteiger partial charge in [0.15, 0.2) is 0 Å². The maximum Gasteiger partial charge on any atom is 0.250 e. The van der Waals surface area contributed by atoms with Crippen molar-refractivity contribution >= 4 is 23.2 Å². The topological polar surface area (TPSA) is 70.7 Å².